The summed E-state index contributed by atoms with van der Waals surface area (Å²) in [6.07, 6.45) is 9.20. The number of fused-ring (bicyclic) bond motifs is 5. The summed E-state index contributed by atoms with van der Waals surface area (Å²) in [7, 11) is 0. The molecule has 6 atom stereocenters. The van der Waals surface area contributed by atoms with Crippen LogP contribution in [0.4, 0.5) is 0 Å². The van der Waals surface area contributed by atoms with Gasteiger partial charge in [-0.25, -0.2) is 0 Å². The van der Waals surface area contributed by atoms with E-state index in [2.05, 4.69) is 26.8 Å². The lowest BCUT2D eigenvalue weighted by Crippen LogP contribution is -2.58. The van der Waals surface area contributed by atoms with E-state index in [0.717, 1.165) is 25.7 Å². The number of hydrogen-bond donors (Lipinski definition) is 0. The van der Waals surface area contributed by atoms with Gasteiger partial charge in [-0.2, -0.15) is 0 Å². The topological polar surface area (TPSA) is 60.4 Å². The van der Waals surface area contributed by atoms with Gasteiger partial charge in [0.05, 0.1) is 0 Å². The standard InChI is InChI=1S/C24H32O4/c1-14-12-18-19(22(4)9-6-17(27)13-21(14)22)7-10-23(5)20(18)8-11-24(23,15(2)25)28-16(3)26/h12-13,18-20H,6-11H2,1-5H3/t18-,19+,20?,22-,23+,24+/m1/s1. The molecule has 152 valence electrons. The fourth-order valence-corrected chi connectivity index (χ4v) is 7.48. The molecule has 0 spiro atoms. The van der Waals surface area contributed by atoms with E-state index in [4.69, 9.17) is 4.74 Å². The van der Waals surface area contributed by atoms with E-state index in [9.17, 15) is 14.4 Å². The summed E-state index contributed by atoms with van der Waals surface area (Å²) in [4.78, 5) is 36.8. The number of carbonyl (C=O) groups excluding carboxylic acids is 3. The van der Waals surface area contributed by atoms with Crippen molar-refractivity contribution in [1.82, 2.24) is 0 Å². The Labute approximate surface area is 167 Å². The second kappa shape index (κ2) is 6.14. The van der Waals surface area contributed by atoms with Gasteiger partial charge in [0.1, 0.15) is 0 Å². The maximum Gasteiger partial charge on any atom is 0.303 e. The Hall–Kier alpha value is -1.71. The molecule has 0 aliphatic heterocycles. The van der Waals surface area contributed by atoms with Gasteiger partial charge in [-0.15, -0.1) is 0 Å². The summed E-state index contributed by atoms with van der Waals surface area (Å²) < 4.78 is 5.82. The van der Waals surface area contributed by atoms with E-state index in [1.54, 1.807) is 6.92 Å². The van der Waals surface area contributed by atoms with E-state index in [1.165, 1.54) is 18.1 Å². The van der Waals surface area contributed by atoms with Gasteiger partial charge in [0.15, 0.2) is 17.2 Å². The van der Waals surface area contributed by atoms with Crippen LogP contribution in [0.5, 0.6) is 0 Å². The van der Waals surface area contributed by atoms with Crippen LogP contribution in [0, 0.1) is 28.6 Å². The minimum Gasteiger partial charge on any atom is -0.451 e. The molecular formula is C24H32O4. The molecule has 4 rings (SSSR count). The summed E-state index contributed by atoms with van der Waals surface area (Å²) in [5, 5.41) is 0. The maximum absolute atomic E-state index is 12.8. The molecule has 4 nitrogen and oxygen atoms in total. The number of carbonyl (C=O) groups is 3. The van der Waals surface area contributed by atoms with Crippen molar-refractivity contribution < 1.29 is 19.1 Å². The molecule has 2 fully saturated rings. The first-order chi connectivity index (χ1) is 13.0. The van der Waals surface area contributed by atoms with Crippen LogP contribution in [-0.2, 0) is 19.1 Å². The van der Waals surface area contributed by atoms with Crippen molar-refractivity contribution in [1.29, 1.82) is 0 Å². The molecule has 0 amide bonds. The highest BCUT2D eigenvalue weighted by Gasteiger charge is 2.67. The van der Waals surface area contributed by atoms with Crippen molar-refractivity contribution in [3.05, 3.63) is 23.3 Å². The number of ether oxygens (including phenoxy) is 1. The third-order valence-corrected chi connectivity index (χ3v) is 8.84. The molecule has 4 heteroatoms. The minimum absolute atomic E-state index is 0.0160. The van der Waals surface area contributed by atoms with Crippen LogP contribution < -0.4 is 0 Å². The van der Waals surface area contributed by atoms with Gasteiger partial charge in [0.2, 0.25) is 0 Å². The van der Waals surface area contributed by atoms with E-state index in [0.29, 0.717) is 30.6 Å². The van der Waals surface area contributed by atoms with Gasteiger partial charge in [-0.3, -0.25) is 14.4 Å². The van der Waals surface area contributed by atoms with Gasteiger partial charge >= 0.3 is 5.97 Å². The molecular weight excluding hydrogens is 352 g/mol. The van der Waals surface area contributed by atoms with E-state index >= 15 is 0 Å². The average Bonchev–Trinajstić information content (AvgIpc) is 2.90. The molecule has 0 N–H and O–H groups in total. The second-order valence-corrected chi connectivity index (χ2v) is 10.1. The molecule has 0 heterocycles. The van der Waals surface area contributed by atoms with E-state index in [-0.39, 0.29) is 28.4 Å². The largest absolute Gasteiger partial charge is 0.451 e. The first-order valence-corrected chi connectivity index (χ1v) is 10.7. The lowest BCUT2D eigenvalue weighted by Gasteiger charge is -2.58. The van der Waals surface area contributed by atoms with Crippen LogP contribution in [0.3, 0.4) is 0 Å². The molecule has 0 saturated heterocycles. The predicted octanol–water partition coefficient (Wildman–Crippen LogP) is 4.58. The molecule has 0 radical (unpaired) electrons. The Bertz CT molecular complexity index is 820. The molecule has 1 unspecified atom stereocenters. The van der Waals surface area contributed by atoms with Gasteiger partial charge < -0.3 is 4.74 Å². The third-order valence-electron chi connectivity index (χ3n) is 8.84. The van der Waals surface area contributed by atoms with Crippen molar-refractivity contribution in [3.63, 3.8) is 0 Å². The van der Waals surface area contributed by atoms with E-state index < -0.39 is 5.60 Å². The highest BCUT2D eigenvalue weighted by molar-refractivity contribution is 5.92. The fraction of sp³-hybridized carbons (Fsp3) is 0.708. The number of ketones is 2. The van der Waals surface area contributed by atoms with Crippen LogP contribution in [0.2, 0.25) is 0 Å². The zero-order valence-corrected chi connectivity index (χ0v) is 17.8. The van der Waals surface area contributed by atoms with Crippen LogP contribution in [0.1, 0.15) is 73.1 Å². The Morgan fingerprint density at radius 1 is 1.07 bits per heavy atom. The number of allylic oxidation sites excluding steroid dienone is 4. The van der Waals surface area contributed by atoms with Gasteiger partial charge in [-0.05, 0) is 80.8 Å². The van der Waals surface area contributed by atoms with Gasteiger partial charge in [0.25, 0.3) is 0 Å². The molecule has 4 aliphatic rings. The zero-order valence-electron chi connectivity index (χ0n) is 17.8. The van der Waals surface area contributed by atoms with Crippen molar-refractivity contribution in [2.45, 2.75) is 78.7 Å². The van der Waals surface area contributed by atoms with Crippen LogP contribution in [-0.4, -0.2) is 23.1 Å². The summed E-state index contributed by atoms with van der Waals surface area (Å²) in [5.74, 6) is 1.03. The van der Waals surface area contributed by atoms with Crippen LogP contribution >= 0.6 is 0 Å². The van der Waals surface area contributed by atoms with Crippen molar-refractivity contribution in [3.8, 4) is 0 Å². The molecule has 0 aromatic heterocycles. The number of hydrogen-bond acceptors (Lipinski definition) is 4. The molecule has 4 aliphatic carbocycles. The van der Waals surface area contributed by atoms with Crippen molar-refractivity contribution in [2.75, 3.05) is 0 Å². The highest BCUT2D eigenvalue weighted by Crippen LogP contribution is 2.67. The first kappa shape index (κ1) is 19.6. The van der Waals surface area contributed by atoms with Crippen LogP contribution in [0.25, 0.3) is 0 Å². The van der Waals surface area contributed by atoms with Gasteiger partial charge in [0, 0.05) is 18.8 Å². The average molecular weight is 385 g/mol. The molecule has 2 saturated carbocycles. The highest BCUT2D eigenvalue weighted by atomic mass is 16.6. The Morgan fingerprint density at radius 3 is 2.39 bits per heavy atom. The Kier molecular flexibility index (Phi) is 4.30. The second-order valence-electron chi connectivity index (χ2n) is 10.1. The molecule has 0 bridgehead atoms. The Morgan fingerprint density at radius 2 is 1.75 bits per heavy atom. The number of Topliss-reactive ketones (excluding diaryl/α,β-unsaturated/α-hetero) is 1. The summed E-state index contributed by atoms with van der Waals surface area (Å²) in [6.45, 7) is 9.63. The molecule has 0 aromatic carbocycles. The van der Waals surface area contributed by atoms with Crippen molar-refractivity contribution in [2.24, 2.45) is 28.6 Å². The van der Waals surface area contributed by atoms with Crippen LogP contribution in [0.15, 0.2) is 23.3 Å². The predicted molar refractivity (Wildman–Crippen MR) is 106 cm³/mol. The third kappa shape index (κ3) is 2.39. The zero-order chi connectivity index (χ0) is 20.5. The summed E-state index contributed by atoms with van der Waals surface area (Å²) in [6, 6.07) is 0. The quantitative estimate of drug-likeness (QED) is 0.654. The maximum atomic E-state index is 12.8. The monoisotopic (exact) mass is 384 g/mol. The molecule has 0 aromatic rings. The number of rotatable bonds is 2. The number of esters is 1. The fourth-order valence-electron chi connectivity index (χ4n) is 7.48. The molecule has 28 heavy (non-hydrogen) atoms. The van der Waals surface area contributed by atoms with E-state index in [1.807, 2.05) is 6.08 Å². The SMILES string of the molecule is CC(=O)O[C@]1(C(C)=O)CCC2[C@@H]3C=C(C)C4=CC(=O)CC[C@]4(C)[C@H]3CC[C@@]21C. The summed E-state index contributed by atoms with van der Waals surface area (Å²) in [5.41, 5.74) is 1.15. The lowest BCUT2D eigenvalue weighted by molar-refractivity contribution is -0.185. The Balaban J connectivity index is 1.79. The van der Waals surface area contributed by atoms with Crippen molar-refractivity contribution >= 4 is 17.5 Å². The lowest BCUT2D eigenvalue weighted by atomic mass is 9.47. The smallest absolute Gasteiger partial charge is 0.303 e. The summed E-state index contributed by atoms with van der Waals surface area (Å²) >= 11 is 0. The van der Waals surface area contributed by atoms with Gasteiger partial charge in [-0.1, -0.05) is 25.5 Å². The minimum atomic E-state index is -0.990. The normalized spacial score (nSPS) is 44.6. The first-order valence-electron chi connectivity index (χ1n) is 10.7.